The molecule has 0 radical (unpaired) electrons. The molecule has 0 aliphatic rings. The van der Waals surface area contributed by atoms with Gasteiger partial charge in [-0.15, -0.1) is 0 Å². The van der Waals surface area contributed by atoms with Crippen LogP contribution in [0.25, 0.3) is 11.3 Å². The number of nitrogens with one attached hydrogen (secondary N) is 1. The zero-order valence-electron chi connectivity index (χ0n) is 13.3. The second-order valence-electron chi connectivity index (χ2n) is 5.54. The van der Waals surface area contributed by atoms with Crippen molar-refractivity contribution in [2.45, 2.75) is 19.2 Å². The van der Waals surface area contributed by atoms with Crippen LogP contribution in [0.2, 0.25) is 0 Å². The minimum absolute atomic E-state index is 0.117. The highest BCUT2D eigenvalue weighted by atomic mass is 19.4. The third-order valence-electron chi connectivity index (χ3n) is 3.53. The molecule has 1 aromatic carbocycles. The molecule has 0 saturated heterocycles. The Hall–Kier alpha value is -1.96. The number of pyridine rings is 1. The maximum absolute atomic E-state index is 13.1. The molecule has 0 saturated carbocycles. The van der Waals surface area contributed by atoms with Gasteiger partial charge in [-0.05, 0) is 24.6 Å². The molecule has 130 valence electrons. The van der Waals surface area contributed by atoms with Gasteiger partial charge in [0.05, 0.1) is 11.8 Å². The van der Waals surface area contributed by atoms with Crippen LogP contribution in [0.5, 0.6) is 0 Å². The van der Waals surface area contributed by atoms with Gasteiger partial charge >= 0.3 is 6.18 Å². The van der Waals surface area contributed by atoms with Gasteiger partial charge in [0.25, 0.3) is 0 Å². The summed E-state index contributed by atoms with van der Waals surface area (Å²) in [5.74, 6) is 0. The number of alkyl halides is 3. The summed E-state index contributed by atoms with van der Waals surface area (Å²) in [6, 6.07) is 9.38. The molecule has 2 aromatic rings. The van der Waals surface area contributed by atoms with Gasteiger partial charge in [0.15, 0.2) is 0 Å². The maximum atomic E-state index is 13.1. The molecule has 0 spiro atoms. The average Bonchev–Trinajstić information content (AvgIpc) is 2.54. The van der Waals surface area contributed by atoms with E-state index in [9.17, 15) is 18.3 Å². The second kappa shape index (κ2) is 7.74. The van der Waals surface area contributed by atoms with E-state index in [2.05, 4.69) is 10.3 Å². The summed E-state index contributed by atoms with van der Waals surface area (Å²) in [5, 5.41) is 13.0. The van der Waals surface area contributed by atoms with Crippen LogP contribution in [-0.4, -0.2) is 29.7 Å². The number of aryl methyl sites for hydroxylation is 1. The predicted molar refractivity (Wildman–Crippen MR) is 86.3 cm³/mol. The SMILES string of the molecule is Cc1ccc(-c2cc(C(O)CNCCN)cc(C(F)(F)F)n2)cc1. The number of rotatable bonds is 6. The first-order valence-corrected chi connectivity index (χ1v) is 7.56. The van der Waals surface area contributed by atoms with E-state index in [4.69, 9.17) is 5.73 Å². The van der Waals surface area contributed by atoms with Crippen molar-refractivity contribution in [3.05, 3.63) is 53.2 Å². The van der Waals surface area contributed by atoms with E-state index >= 15 is 0 Å². The molecule has 1 atom stereocenters. The fourth-order valence-electron chi connectivity index (χ4n) is 2.22. The smallest absolute Gasteiger partial charge is 0.387 e. The van der Waals surface area contributed by atoms with Crippen LogP contribution in [0.1, 0.15) is 22.9 Å². The highest BCUT2D eigenvalue weighted by molar-refractivity contribution is 5.61. The summed E-state index contributed by atoms with van der Waals surface area (Å²) < 4.78 is 39.4. The highest BCUT2D eigenvalue weighted by Gasteiger charge is 2.33. The molecule has 4 nitrogen and oxygen atoms in total. The number of aliphatic hydroxyl groups is 1. The minimum Gasteiger partial charge on any atom is -0.387 e. The Morgan fingerprint density at radius 2 is 1.88 bits per heavy atom. The van der Waals surface area contributed by atoms with Gasteiger partial charge < -0.3 is 16.2 Å². The Morgan fingerprint density at radius 1 is 1.21 bits per heavy atom. The molecule has 1 heterocycles. The van der Waals surface area contributed by atoms with Gasteiger partial charge in [0.1, 0.15) is 5.69 Å². The molecule has 2 rings (SSSR count). The average molecular weight is 339 g/mol. The topological polar surface area (TPSA) is 71.2 Å². The summed E-state index contributed by atoms with van der Waals surface area (Å²) in [6.45, 7) is 2.86. The van der Waals surface area contributed by atoms with E-state index in [0.29, 0.717) is 18.7 Å². The number of nitrogens with two attached hydrogens (primary N) is 1. The van der Waals surface area contributed by atoms with E-state index in [1.165, 1.54) is 6.07 Å². The number of hydrogen-bond donors (Lipinski definition) is 3. The van der Waals surface area contributed by atoms with Crippen molar-refractivity contribution < 1.29 is 18.3 Å². The summed E-state index contributed by atoms with van der Waals surface area (Å²) in [7, 11) is 0. The van der Waals surface area contributed by atoms with Gasteiger partial charge in [0.2, 0.25) is 0 Å². The molecule has 7 heteroatoms. The summed E-state index contributed by atoms with van der Waals surface area (Å²) in [4.78, 5) is 3.71. The molecule has 0 aliphatic carbocycles. The first-order valence-electron chi connectivity index (χ1n) is 7.56. The Bertz CT molecular complexity index is 672. The Morgan fingerprint density at radius 3 is 2.46 bits per heavy atom. The number of benzene rings is 1. The van der Waals surface area contributed by atoms with E-state index in [0.717, 1.165) is 11.6 Å². The Balaban J connectivity index is 2.40. The third-order valence-corrected chi connectivity index (χ3v) is 3.53. The molecule has 0 bridgehead atoms. The molecule has 1 aromatic heterocycles. The van der Waals surface area contributed by atoms with Crippen LogP contribution in [0, 0.1) is 6.92 Å². The second-order valence-corrected chi connectivity index (χ2v) is 5.54. The van der Waals surface area contributed by atoms with Gasteiger partial charge in [0, 0.05) is 25.2 Å². The van der Waals surface area contributed by atoms with E-state index < -0.39 is 18.0 Å². The number of hydrogen-bond acceptors (Lipinski definition) is 4. The normalized spacial score (nSPS) is 13.1. The van der Waals surface area contributed by atoms with Crippen LogP contribution in [-0.2, 0) is 6.18 Å². The van der Waals surface area contributed by atoms with Crippen LogP contribution >= 0.6 is 0 Å². The summed E-state index contributed by atoms with van der Waals surface area (Å²) in [5.41, 5.74) is 6.23. The lowest BCUT2D eigenvalue weighted by molar-refractivity contribution is -0.141. The molecule has 0 fully saturated rings. The maximum Gasteiger partial charge on any atom is 0.433 e. The van der Waals surface area contributed by atoms with Crippen LogP contribution in [0.3, 0.4) is 0 Å². The zero-order valence-corrected chi connectivity index (χ0v) is 13.3. The van der Waals surface area contributed by atoms with Crippen molar-refractivity contribution in [1.82, 2.24) is 10.3 Å². The summed E-state index contributed by atoms with van der Waals surface area (Å²) >= 11 is 0. The lowest BCUT2D eigenvalue weighted by Gasteiger charge is -2.16. The molecular weight excluding hydrogens is 319 g/mol. The van der Waals surface area contributed by atoms with Crippen LogP contribution < -0.4 is 11.1 Å². The molecule has 0 aliphatic heterocycles. The number of aliphatic hydroxyl groups excluding tert-OH is 1. The molecule has 24 heavy (non-hydrogen) atoms. The number of aromatic nitrogens is 1. The highest BCUT2D eigenvalue weighted by Crippen LogP contribution is 2.32. The van der Waals surface area contributed by atoms with Gasteiger partial charge in [-0.2, -0.15) is 13.2 Å². The van der Waals surface area contributed by atoms with Crippen molar-refractivity contribution in [2.75, 3.05) is 19.6 Å². The Kier molecular flexibility index (Phi) is 5.93. The standard InChI is InChI=1S/C17H20F3N3O/c1-11-2-4-12(5-3-11)14-8-13(15(24)10-22-7-6-21)9-16(23-14)17(18,19)20/h2-5,8-9,15,22,24H,6-7,10,21H2,1H3. The molecule has 1 unspecified atom stereocenters. The minimum atomic E-state index is -4.58. The van der Waals surface area contributed by atoms with Crippen molar-refractivity contribution in [3.63, 3.8) is 0 Å². The zero-order chi connectivity index (χ0) is 17.7. The number of nitrogens with zero attached hydrogens (tertiary/aromatic N) is 1. The van der Waals surface area contributed by atoms with Crippen LogP contribution in [0.4, 0.5) is 13.2 Å². The van der Waals surface area contributed by atoms with Gasteiger partial charge in [-0.25, -0.2) is 4.98 Å². The number of halogens is 3. The first kappa shape index (κ1) is 18.4. The fraction of sp³-hybridized carbons (Fsp3) is 0.353. The van der Waals surface area contributed by atoms with Crippen LogP contribution in [0.15, 0.2) is 36.4 Å². The largest absolute Gasteiger partial charge is 0.433 e. The third kappa shape index (κ3) is 4.77. The Labute approximate surface area is 138 Å². The van der Waals surface area contributed by atoms with E-state index in [1.807, 2.05) is 6.92 Å². The molecule has 4 N–H and O–H groups in total. The van der Waals surface area contributed by atoms with Crippen molar-refractivity contribution in [2.24, 2.45) is 5.73 Å². The first-order chi connectivity index (χ1) is 11.3. The summed E-state index contributed by atoms with van der Waals surface area (Å²) in [6.07, 6.45) is -5.66. The van der Waals surface area contributed by atoms with Crippen molar-refractivity contribution in [3.8, 4) is 11.3 Å². The molecular formula is C17H20F3N3O. The predicted octanol–water partition coefficient (Wildman–Crippen LogP) is 2.66. The van der Waals surface area contributed by atoms with Gasteiger partial charge in [-0.3, -0.25) is 0 Å². The van der Waals surface area contributed by atoms with E-state index in [-0.39, 0.29) is 17.8 Å². The lowest BCUT2D eigenvalue weighted by atomic mass is 10.0. The fourth-order valence-corrected chi connectivity index (χ4v) is 2.22. The quantitative estimate of drug-likeness (QED) is 0.708. The van der Waals surface area contributed by atoms with E-state index in [1.54, 1.807) is 24.3 Å². The molecule has 0 amide bonds. The lowest BCUT2D eigenvalue weighted by Crippen LogP contribution is -2.27. The van der Waals surface area contributed by atoms with Crippen molar-refractivity contribution >= 4 is 0 Å². The monoisotopic (exact) mass is 339 g/mol. The van der Waals surface area contributed by atoms with Crippen molar-refractivity contribution in [1.29, 1.82) is 0 Å². The van der Waals surface area contributed by atoms with Gasteiger partial charge in [-0.1, -0.05) is 29.8 Å².